The summed E-state index contributed by atoms with van der Waals surface area (Å²) in [5, 5.41) is 8.30. The zero-order chi connectivity index (χ0) is 10.8. The van der Waals surface area contributed by atoms with Crippen LogP contribution in [0.5, 0.6) is 0 Å². The molecular weight excluding hydrogens is 195 g/mol. The van der Waals surface area contributed by atoms with Gasteiger partial charge in [-0.3, -0.25) is 0 Å². The van der Waals surface area contributed by atoms with Crippen LogP contribution in [-0.2, 0) is 6.18 Å². The van der Waals surface area contributed by atoms with Crippen LogP contribution in [0.2, 0.25) is 0 Å². The molecule has 1 aromatic rings. The van der Waals surface area contributed by atoms with Crippen LogP contribution in [0.1, 0.15) is 23.9 Å². The van der Waals surface area contributed by atoms with E-state index in [1.165, 1.54) is 6.07 Å². The van der Waals surface area contributed by atoms with E-state index in [0.29, 0.717) is 0 Å². The fourth-order valence-electron chi connectivity index (χ4n) is 1.00. The third kappa shape index (κ3) is 2.26. The normalized spacial score (nSPS) is 13.6. The number of aromatic nitrogens is 1. The maximum absolute atomic E-state index is 12.1. The molecule has 76 valence electrons. The molecule has 0 aliphatic carbocycles. The van der Waals surface area contributed by atoms with Gasteiger partial charge in [-0.25, -0.2) is 0 Å². The highest BCUT2D eigenvalue weighted by molar-refractivity contribution is 5.18. The molecule has 3 N–H and O–H groups in total. The molecule has 1 aromatic heterocycles. The van der Waals surface area contributed by atoms with Crippen LogP contribution in [0.3, 0.4) is 0 Å². The topological polar surface area (TPSA) is 65.6 Å². The fraction of sp³-hybridized carbons (Fsp3) is 0.375. The molecule has 1 heterocycles. The lowest BCUT2D eigenvalue weighted by atomic mass is 10.2. The van der Waals surface area contributed by atoms with Crippen LogP contribution < -0.4 is 5.73 Å². The Morgan fingerprint density at radius 2 is 2.14 bits per heavy atom. The molecule has 0 bridgehead atoms. The Hall–Kier alpha value is -1.48. The van der Waals surface area contributed by atoms with Crippen molar-refractivity contribution in [2.75, 3.05) is 0 Å². The summed E-state index contributed by atoms with van der Waals surface area (Å²) < 4.78 is 36.3. The van der Waals surface area contributed by atoms with Crippen LogP contribution in [-0.4, -0.2) is 4.98 Å². The lowest BCUT2D eigenvalue weighted by molar-refractivity contribution is -0.140. The second kappa shape index (κ2) is 3.72. The lowest BCUT2D eigenvalue weighted by Crippen LogP contribution is -2.11. The zero-order valence-corrected chi connectivity index (χ0v) is 7.10. The number of halogens is 3. The first-order chi connectivity index (χ1) is 6.45. The predicted molar refractivity (Wildman–Crippen MR) is 43.0 cm³/mol. The largest absolute Gasteiger partial charge is 0.431 e. The van der Waals surface area contributed by atoms with Crippen molar-refractivity contribution in [3.05, 3.63) is 23.5 Å². The van der Waals surface area contributed by atoms with Gasteiger partial charge in [-0.2, -0.15) is 18.4 Å². The molecule has 0 radical (unpaired) electrons. The molecule has 3 nitrogen and oxygen atoms in total. The third-order valence-corrected chi connectivity index (χ3v) is 1.72. The predicted octanol–water partition coefficient (Wildman–Crippen LogP) is 1.95. The second-order valence-electron chi connectivity index (χ2n) is 2.79. The number of aromatic amines is 1. The van der Waals surface area contributed by atoms with Gasteiger partial charge < -0.3 is 10.7 Å². The van der Waals surface area contributed by atoms with Gasteiger partial charge >= 0.3 is 6.18 Å². The minimum Gasteiger partial charge on any atom is -0.354 e. The number of rotatable bonds is 2. The van der Waals surface area contributed by atoms with Crippen molar-refractivity contribution in [3.63, 3.8) is 0 Å². The fourth-order valence-corrected chi connectivity index (χ4v) is 1.00. The van der Waals surface area contributed by atoms with E-state index in [4.69, 9.17) is 11.0 Å². The summed E-state index contributed by atoms with van der Waals surface area (Å²) in [6, 6.07) is 3.24. The molecule has 0 spiro atoms. The van der Waals surface area contributed by atoms with Gasteiger partial charge in [-0.05, 0) is 12.1 Å². The van der Waals surface area contributed by atoms with Crippen LogP contribution in [0.15, 0.2) is 12.1 Å². The average molecular weight is 203 g/mol. The lowest BCUT2D eigenvalue weighted by Gasteiger charge is -2.05. The van der Waals surface area contributed by atoms with Crippen molar-refractivity contribution in [2.45, 2.75) is 18.6 Å². The first kappa shape index (κ1) is 10.6. The van der Waals surface area contributed by atoms with Gasteiger partial charge in [0.15, 0.2) is 0 Å². The molecule has 6 heteroatoms. The number of H-pyrrole nitrogens is 1. The van der Waals surface area contributed by atoms with Crippen LogP contribution >= 0.6 is 0 Å². The smallest absolute Gasteiger partial charge is 0.354 e. The maximum Gasteiger partial charge on any atom is 0.431 e. The molecular formula is C8H8F3N3. The number of nitrogens with two attached hydrogens (primary N) is 1. The van der Waals surface area contributed by atoms with E-state index in [0.717, 1.165) is 6.07 Å². The molecule has 1 atom stereocenters. The van der Waals surface area contributed by atoms with Crippen LogP contribution in [0.4, 0.5) is 13.2 Å². The van der Waals surface area contributed by atoms with Gasteiger partial charge in [0.1, 0.15) is 5.69 Å². The van der Waals surface area contributed by atoms with Crippen molar-refractivity contribution in [2.24, 2.45) is 5.73 Å². The highest BCUT2D eigenvalue weighted by atomic mass is 19.4. The van der Waals surface area contributed by atoms with Crippen molar-refractivity contribution < 1.29 is 13.2 Å². The quantitative estimate of drug-likeness (QED) is 0.771. The standard InChI is InChI=1S/C8H8F3N3/c9-8(10,11)7-2-1-6(14-7)5(13)3-4-12/h1-2,5,14H,3,13H2/t5-/m0/s1. The van der Waals surface area contributed by atoms with Gasteiger partial charge in [-0.1, -0.05) is 0 Å². The van der Waals surface area contributed by atoms with Crippen LogP contribution in [0.25, 0.3) is 0 Å². The Labute approximate surface area is 78.3 Å². The van der Waals surface area contributed by atoms with Gasteiger partial charge in [0.25, 0.3) is 0 Å². The highest BCUT2D eigenvalue weighted by Crippen LogP contribution is 2.29. The molecule has 0 saturated carbocycles. The van der Waals surface area contributed by atoms with Crippen molar-refractivity contribution in [1.29, 1.82) is 5.26 Å². The summed E-state index contributed by atoms with van der Waals surface area (Å²) in [5.41, 5.74) is 4.82. The number of hydrogen-bond acceptors (Lipinski definition) is 2. The molecule has 0 amide bonds. The van der Waals surface area contributed by atoms with Gasteiger partial charge in [-0.15, -0.1) is 0 Å². The Bertz CT molecular complexity index is 347. The van der Waals surface area contributed by atoms with E-state index in [-0.39, 0.29) is 12.1 Å². The van der Waals surface area contributed by atoms with Crippen molar-refractivity contribution >= 4 is 0 Å². The van der Waals surface area contributed by atoms with Gasteiger partial charge in [0, 0.05) is 5.69 Å². The number of hydrogen-bond donors (Lipinski definition) is 2. The van der Waals surface area contributed by atoms with Crippen LogP contribution in [0, 0.1) is 11.3 Å². The molecule has 0 aromatic carbocycles. The SMILES string of the molecule is N#CC[C@H](N)c1ccc(C(F)(F)F)[nH]1. The first-order valence-electron chi connectivity index (χ1n) is 3.84. The third-order valence-electron chi connectivity index (χ3n) is 1.72. The molecule has 0 aliphatic rings. The zero-order valence-electron chi connectivity index (χ0n) is 7.10. The maximum atomic E-state index is 12.1. The van der Waals surface area contributed by atoms with Gasteiger partial charge in [0.2, 0.25) is 0 Å². The van der Waals surface area contributed by atoms with E-state index in [1.54, 1.807) is 6.07 Å². The minimum absolute atomic E-state index is 0.0161. The molecule has 0 fully saturated rings. The summed E-state index contributed by atoms with van der Waals surface area (Å²) in [6.07, 6.45) is -4.41. The molecule has 0 unspecified atom stereocenters. The van der Waals surface area contributed by atoms with E-state index < -0.39 is 17.9 Å². The van der Waals surface area contributed by atoms with E-state index in [2.05, 4.69) is 4.98 Å². The minimum atomic E-state index is -4.40. The van der Waals surface area contributed by atoms with Crippen molar-refractivity contribution in [1.82, 2.24) is 4.98 Å². The number of nitriles is 1. The Kier molecular flexibility index (Phi) is 2.81. The van der Waals surface area contributed by atoms with E-state index in [1.807, 2.05) is 0 Å². The monoisotopic (exact) mass is 203 g/mol. The Balaban J connectivity index is 2.84. The summed E-state index contributed by atoms with van der Waals surface area (Å²) in [6.45, 7) is 0. The molecule has 0 aliphatic heterocycles. The summed E-state index contributed by atoms with van der Waals surface area (Å²) in [5.74, 6) is 0. The Morgan fingerprint density at radius 1 is 1.50 bits per heavy atom. The molecule has 14 heavy (non-hydrogen) atoms. The number of alkyl halides is 3. The number of nitrogens with one attached hydrogen (secondary N) is 1. The van der Waals surface area contributed by atoms with E-state index in [9.17, 15) is 13.2 Å². The second-order valence-corrected chi connectivity index (χ2v) is 2.79. The number of nitrogens with zero attached hydrogens (tertiary/aromatic N) is 1. The highest BCUT2D eigenvalue weighted by Gasteiger charge is 2.32. The van der Waals surface area contributed by atoms with E-state index >= 15 is 0 Å². The van der Waals surface area contributed by atoms with Crippen molar-refractivity contribution in [3.8, 4) is 6.07 Å². The first-order valence-corrected chi connectivity index (χ1v) is 3.84. The Morgan fingerprint density at radius 3 is 2.57 bits per heavy atom. The summed E-state index contributed by atoms with van der Waals surface area (Å²) in [7, 11) is 0. The summed E-state index contributed by atoms with van der Waals surface area (Å²) in [4.78, 5) is 2.14. The molecule has 0 saturated heterocycles. The summed E-state index contributed by atoms with van der Waals surface area (Å²) >= 11 is 0. The average Bonchev–Trinajstić information content (AvgIpc) is 2.51. The van der Waals surface area contributed by atoms with Gasteiger partial charge in [0.05, 0.1) is 18.5 Å². The molecule has 1 rings (SSSR count).